The first kappa shape index (κ1) is 13.3. The molecule has 112 valence electrons. The van der Waals surface area contributed by atoms with Gasteiger partial charge in [0.2, 0.25) is 5.90 Å². The summed E-state index contributed by atoms with van der Waals surface area (Å²) >= 11 is 0. The molecule has 0 radical (unpaired) electrons. The van der Waals surface area contributed by atoms with Crippen molar-refractivity contribution in [1.29, 1.82) is 0 Å². The number of ether oxygens (including phenoxy) is 1. The van der Waals surface area contributed by atoms with E-state index in [4.69, 9.17) is 9.57 Å². The summed E-state index contributed by atoms with van der Waals surface area (Å²) in [7, 11) is 0. The standard InChI is InChI=1S/C18H18N2O2/c1-12-3-6-16-14(9-12)7-8-18(16)10-17(20-22-18)21-15-5-4-13(2)19-11-15/h3-6,9,11H,7-8,10H2,1-2H3/t18-/m0/s1. The lowest BCUT2D eigenvalue weighted by molar-refractivity contribution is -0.0215. The van der Waals surface area contributed by atoms with Crippen molar-refractivity contribution in [3.05, 3.63) is 58.9 Å². The van der Waals surface area contributed by atoms with Gasteiger partial charge in [0, 0.05) is 11.3 Å². The molecule has 0 N–H and O–H groups in total. The van der Waals surface area contributed by atoms with E-state index in [1.165, 1.54) is 16.7 Å². The summed E-state index contributed by atoms with van der Waals surface area (Å²) in [5.41, 5.74) is 4.54. The molecule has 0 fully saturated rings. The molecule has 4 nitrogen and oxygen atoms in total. The predicted octanol–water partition coefficient (Wildman–Crippen LogP) is 3.65. The zero-order valence-electron chi connectivity index (χ0n) is 12.8. The van der Waals surface area contributed by atoms with Gasteiger partial charge in [-0.25, -0.2) is 0 Å². The highest BCUT2D eigenvalue weighted by atomic mass is 16.7. The fraction of sp³-hybridized carbons (Fsp3) is 0.333. The smallest absolute Gasteiger partial charge is 0.235 e. The summed E-state index contributed by atoms with van der Waals surface area (Å²) in [6.45, 7) is 4.07. The first-order valence-electron chi connectivity index (χ1n) is 7.60. The number of nitrogens with zero attached hydrogens (tertiary/aromatic N) is 2. The Labute approximate surface area is 129 Å². The number of fused-ring (bicyclic) bond motifs is 2. The number of hydrogen-bond acceptors (Lipinski definition) is 4. The molecular weight excluding hydrogens is 276 g/mol. The molecule has 1 aromatic heterocycles. The van der Waals surface area contributed by atoms with Crippen molar-refractivity contribution < 1.29 is 9.57 Å². The zero-order valence-corrected chi connectivity index (χ0v) is 12.8. The Kier molecular flexibility index (Phi) is 2.93. The van der Waals surface area contributed by atoms with Gasteiger partial charge in [-0.05, 0) is 44.4 Å². The first-order valence-corrected chi connectivity index (χ1v) is 7.60. The number of oxime groups is 1. The fourth-order valence-corrected chi connectivity index (χ4v) is 3.28. The average molecular weight is 294 g/mol. The van der Waals surface area contributed by atoms with E-state index < -0.39 is 0 Å². The van der Waals surface area contributed by atoms with Crippen molar-refractivity contribution in [3.8, 4) is 5.75 Å². The van der Waals surface area contributed by atoms with Gasteiger partial charge in [-0.2, -0.15) is 0 Å². The van der Waals surface area contributed by atoms with Gasteiger partial charge < -0.3 is 9.57 Å². The Balaban J connectivity index is 1.54. The molecule has 1 atom stereocenters. The third-order valence-corrected chi connectivity index (χ3v) is 4.43. The van der Waals surface area contributed by atoms with Gasteiger partial charge in [0.25, 0.3) is 0 Å². The molecular formula is C18H18N2O2. The summed E-state index contributed by atoms with van der Waals surface area (Å²) in [5, 5.41) is 4.18. The second kappa shape index (κ2) is 4.83. The van der Waals surface area contributed by atoms with Crippen LogP contribution in [-0.4, -0.2) is 10.9 Å². The topological polar surface area (TPSA) is 43.7 Å². The van der Waals surface area contributed by atoms with Gasteiger partial charge in [0.05, 0.1) is 12.6 Å². The SMILES string of the molecule is Cc1ccc2c(c1)CC[C@]21CC(Oc2ccc(C)nc2)=NO1. The molecule has 0 unspecified atom stereocenters. The van der Waals surface area contributed by atoms with Crippen molar-refractivity contribution in [2.45, 2.75) is 38.7 Å². The van der Waals surface area contributed by atoms with Crippen LogP contribution in [0.4, 0.5) is 0 Å². The summed E-state index contributed by atoms with van der Waals surface area (Å²) in [5.74, 6) is 1.33. The monoisotopic (exact) mass is 294 g/mol. The van der Waals surface area contributed by atoms with Crippen LogP contribution in [-0.2, 0) is 16.9 Å². The van der Waals surface area contributed by atoms with E-state index >= 15 is 0 Å². The average Bonchev–Trinajstić information content (AvgIpc) is 3.07. The van der Waals surface area contributed by atoms with Gasteiger partial charge in [0.15, 0.2) is 5.60 Å². The van der Waals surface area contributed by atoms with E-state index in [-0.39, 0.29) is 5.60 Å². The third kappa shape index (κ3) is 2.15. The molecule has 2 aromatic rings. The van der Waals surface area contributed by atoms with E-state index in [1.54, 1.807) is 6.20 Å². The highest BCUT2D eigenvalue weighted by molar-refractivity contribution is 5.81. The number of hydrogen-bond donors (Lipinski definition) is 0. The fourth-order valence-electron chi connectivity index (χ4n) is 3.28. The maximum Gasteiger partial charge on any atom is 0.235 e. The van der Waals surface area contributed by atoms with Crippen molar-refractivity contribution in [3.63, 3.8) is 0 Å². The van der Waals surface area contributed by atoms with Gasteiger partial charge in [-0.15, -0.1) is 0 Å². The molecule has 0 saturated heterocycles. The van der Waals surface area contributed by atoms with Gasteiger partial charge >= 0.3 is 0 Å². The predicted molar refractivity (Wildman–Crippen MR) is 83.9 cm³/mol. The van der Waals surface area contributed by atoms with Crippen molar-refractivity contribution in [2.75, 3.05) is 0 Å². The second-order valence-corrected chi connectivity index (χ2v) is 6.15. The summed E-state index contributed by atoms with van der Waals surface area (Å²) < 4.78 is 5.82. The normalized spacial score (nSPS) is 22.4. The minimum absolute atomic E-state index is 0.337. The molecule has 4 rings (SSSR count). The summed E-state index contributed by atoms with van der Waals surface area (Å²) in [6, 6.07) is 10.4. The molecule has 4 heteroatoms. The molecule has 1 aliphatic carbocycles. The van der Waals surface area contributed by atoms with Crippen LogP contribution in [0.25, 0.3) is 0 Å². The maximum absolute atomic E-state index is 5.82. The highest BCUT2D eigenvalue weighted by Gasteiger charge is 2.46. The maximum atomic E-state index is 5.82. The number of benzene rings is 1. The Morgan fingerprint density at radius 1 is 1.18 bits per heavy atom. The number of aryl methyl sites for hydroxylation is 3. The molecule has 2 aliphatic rings. The van der Waals surface area contributed by atoms with E-state index in [0.29, 0.717) is 18.1 Å². The number of pyridine rings is 1. The van der Waals surface area contributed by atoms with Crippen LogP contribution in [0.5, 0.6) is 5.75 Å². The van der Waals surface area contributed by atoms with Crippen molar-refractivity contribution in [1.82, 2.24) is 4.98 Å². The lowest BCUT2D eigenvalue weighted by atomic mass is 9.92. The van der Waals surface area contributed by atoms with Crippen LogP contribution >= 0.6 is 0 Å². The molecule has 0 saturated carbocycles. The molecule has 1 aromatic carbocycles. The molecule has 0 amide bonds. The second-order valence-electron chi connectivity index (χ2n) is 6.15. The third-order valence-electron chi connectivity index (χ3n) is 4.43. The summed E-state index contributed by atoms with van der Waals surface area (Å²) in [6.07, 6.45) is 4.38. The van der Waals surface area contributed by atoms with Crippen molar-refractivity contribution in [2.24, 2.45) is 5.16 Å². The van der Waals surface area contributed by atoms with Crippen LogP contribution in [0.1, 0.15) is 35.2 Å². The van der Waals surface area contributed by atoms with Crippen LogP contribution in [0.15, 0.2) is 41.7 Å². The lowest BCUT2D eigenvalue weighted by Gasteiger charge is -2.21. The molecule has 22 heavy (non-hydrogen) atoms. The van der Waals surface area contributed by atoms with Gasteiger partial charge in [-0.1, -0.05) is 28.9 Å². The molecule has 0 bridgehead atoms. The lowest BCUT2D eigenvalue weighted by Crippen LogP contribution is -2.24. The highest BCUT2D eigenvalue weighted by Crippen LogP contribution is 2.46. The largest absolute Gasteiger partial charge is 0.438 e. The van der Waals surface area contributed by atoms with Crippen LogP contribution in [0.2, 0.25) is 0 Å². The van der Waals surface area contributed by atoms with E-state index in [0.717, 1.165) is 18.5 Å². The summed E-state index contributed by atoms with van der Waals surface area (Å²) in [4.78, 5) is 10.1. The molecule has 2 heterocycles. The zero-order chi connectivity index (χ0) is 15.2. The van der Waals surface area contributed by atoms with Gasteiger partial charge in [-0.3, -0.25) is 4.98 Å². The molecule has 1 aliphatic heterocycles. The Morgan fingerprint density at radius 2 is 2.09 bits per heavy atom. The van der Waals surface area contributed by atoms with E-state index in [1.807, 2.05) is 19.1 Å². The van der Waals surface area contributed by atoms with Crippen LogP contribution < -0.4 is 4.74 Å². The Hall–Kier alpha value is -2.36. The Bertz CT molecular complexity index is 752. The van der Waals surface area contributed by atoms with E-state index in [2.05, 4.69) is 35.3 Å². The van der Waals surface area contributed by atoms with Crippen LogP contribution in [0, 0.1) is 13.8 Å². The number of aromatic nitrogens is 1. The number of rotatable bonds is 1. The Morgan fingerprint density at radius 3 is 2.91 bits per heavy atom. The minimum atomic E-state index is -0.337. The first-order chi connectivity index (χ1) is 10.6. The minimum Gasteiger partial charge on any atom is -0.438 e. The van der Waals surface area contributed by atoms with E-state index in [9.17, 15) is 0 Å². The quantitative estimate of drug-likeness (QED) is 0.806. The van der Waals surface area contributed by atoms with Crippen LogP contribution in [0.3, 0.4) is 0 Å². The molecule has 1 spiro atoms. The van der Waals surface area contributed by atoms with Gasteiger partial charge in [0.1, 0.15) is 5.75 Å². The van der Waals surface area contributed by atoms with Crippen molar-refractivity contribution >= 4 is 5.90 Å².